The van der Waals surface area contributed by atoms with Crippen molar-refractivity contribution in [1.29, 1.82) is 5.26 Å². The molecule has 1 aliphatic heterocycles. The third-order valence-electron chi connectivity index (χ3n) is 3.96. The fourth-order valence-electron chi connectivity index (χ4n) is 2.72. The van der Waals surface area contributed by atoms with Crippen LogP contribution in [0.3, 0.4) is 0 Å². The summed E-state index contributed by atoms with van der Waals surface area (Å²) in [6.07, 6.45) is -0.418. The van der Waals surface area contributed by atoms with E-state index in [-0.39, 0.29) is 18.2 Å². The number of carbonyl (C=O) groups is 2. The van der Waals surface area contributed by atoms with Gasteiger partial charge in [-0.3, -0.25) is 14.5 Å². The number of nitrogens with zero attached hydrogens (tertiary/aromatic N) is 2. The SMILES string of the molecule is CCC(=O)c1ccc2c(c1)N(CC#N)C(=O)C(c1ccccc1)O2. The average Bonchev–Trinajstić information content (AvgIpc) is 2.63. The number of nitriles is 1. The fourth-order valence-corrected chi connectivity index (χ4v) is 2.72. The van der Waals surface area contributed by atoms with Crippen LogP contribution in [0.1, 0.15) is 35.4 Å². The van der Waals surface area contributed by atoms with E-state index in [2.05, 4.69) is 0 Å². The summed E-state index contributed by atoms with van der Waals surface area (Å²) < 4.78 is 5.86. The molecule has 0 saturated carbocycles. The lowest BCUT2D eigenvalue weighted by atomic mass is 10.0. The molecule has 0 bridgehead atoms. The van der Waals surface area contributed by atoms with Crippen LogP contribution in [0.15, 0.2) is 48.5 Å². The highest BCUT2D eigenvalue weighted by atomic mass is 16.5. The first kappa shape index (κ1) is 15.8. The van der Waals surface area contributed by atoms with E-state index in [4.69, 9.17) is 10.00 Å². The summed E-state index contributed by atoms with van der Waals surface area (Å²) in [5.41, 5.74) is 1.70. The zero-order valence-electron chi connectivity index (χ0n) is 13.2. The molecule has 1 unspecified atom stereocenters. The Bertz CT molecular complexity index is 824. The molecule has 0 radical (unpaired) electrons. The molecule has 1 atom stereocenters. The maximum absolute atomic E-state index is 12.8. The van der Waals surface area contributed by atoms with Crippen molar-refractivity contribution >= 4 is 17.4 Å². The van der Waals surface area contributed by atoms with Gasteiger partial charge in [-0.05, 0) is 18.2 Å². The molecule has 120 valence electrons. The number of amides is 1. The van der Waals surface area contributed by atoms with Gasteiger partial charge in [0.15, 0.2) is 5.78 Å². The smallest absolute Gasteiger partial charge is 0.273 e. The first-order chi connectivity index (χ1) is 11.7. The summed E-state index contributed by atoms with van der Waals surface area (Å²) in [6, 6.07) is 16.2. The predicted octanol–water partition coefficient (Wildman–Crippen LogP) is 3.27. The highest BCUT2D eigenvalue weighted by molar-refractivity contribution is 6.03. The molecule has 2 aromatic rings. The normalized spacial score (nSPS) is 16.1. The Labute approximate surface area is 140 Å². The molecule has 0 fully saturated rings. The van der Waals surface area contributed by atoms with E-state index in [9.17, 15) is 9.59 Å². The quantitative estimate of drug-likeness (QED) is 0.640. The molecule has 1 aliphatic rings. The van der Waals surface area contributed by atoms with E-state index in [1.54, 1.807) is 25.1 Å². The Morgan fingerprint density at radius 3 is 2.67 bits per heavy atom. The molecule has 1 heterocycles. The second-order valence-corrected chi connectivity index (χ2v) is 5.45. The topological polar surface area (TPSA) is 70.4 Å². The first-order valence-electron chi connectivity index (χ1n) is 7.73. The van der Waals surface area contributed by atoms with E-state index >= 15 is 0 Å². The van der Waals surface area contributed by atoms with E-state index < -0.39 is 6.10 Å². The molecule has 24 heavy (non-hydrogen) atoms. The Balaban J connectivity index is 2.06. The maximum Gasteiger partial charge on any atom is 0.273 e. The number of benzene rings is 2. The van der Waals surface area contributed by atoms with Gasteiger partial charge in [-0.2, -0.15) is 5.26 Å². The number of anilines is 1. The van der Waals surface area contributed by atoms with Crippen LogP contribution < -0.4 is 9.64 Å². The van der Waals surface area contributed by atoms with Crippen molar-refractivity contribution in [3.05, 3.63) is 59.7 Å². The minimum atomic E-state index is -0.792. The molecule has 0 aromatic heterocycles. The second-order valence-electron chi connectivity index (χ2n) is 5.45. The van der Waals surface area contributed by atoms with E-state index in [0.29, 0.717) is 23.4 Å². The standard InChI is InChI=1S/C19H16N2O3/c1-2-16(22)14-8-9-17-15(12-14)21(11-10-20)19(23)18(24-17)13-6-4-3-5-7-13/h3-9,12,18H,2,11H2,1H3. The molecular weight excluding hydrogens is 304 g/mol. The number of ketones is 1. The molecule has 5 nitrogen and oxygen atoms in total. The lowest BCUT2D eigenvalue weighted by molar-refractivity contribution is -0.126. The Hall–Kier alpha value is -3.13. The molecule has 0 saturated heterocycles. The highest BCUT2D eigenvalue weighted by Crippen LogP contribution is 2.39. The lowest BCUT2D eigenvalue weighted by Gasteiger charge is -2.33. The monoisotopic (exact) mass is 320 g/mol. The van der Waals surface area contributed by atoms with Gasteiger partial charge in [0.1, 0.15) is 12.3 Å². The van der Waals surface area contributed by atoms with Crippen LogP contribution >= 0.6 is 0 Å². The van der Waals surface area contributed by atoms with E-state index in [1.807, 2.05) is 36.4 Å². The zero-order valence-corrected chi connectivity index (χ0v) is 13.2. The van der Waals surface area contributed by atoms with Gasteiger partial charge in [-0.15, -0.1) is 0 Å². The number of carbonyl (C=O) groups excluding carboxylic acids is 2. The number of Topliss-reactive ketones (excluding diaryl/α,β-unsaturated/α-hetero) is 1. The first-order valence-corrected chi connectivity index (χ1v) is 7.73. The van der Waals surface area contributed by atoms with Crippen molar-refractivity contribution in [3.8, 4) is 11.8 Å². The van der Waals surface area contributed by atoms with Crippen LogP contribution in [0.4, 0.5) is 5.69 Å². The highest BCUT2D eigenvalue weighted by Gasteiger charge is 2.35. The van der Waals surface area contributed by atoms with Gasteiger partial charge in [0.25, 0.3) is 5.91 Å². The van der Waals surface area contributed by atoms with E-state index in [0.717, 1.165) is 5.56 Å². The third kappa shape index (κ3) is 2.74. The minimum absolute atomic E-state index is 0.0210. The van der Waals surface area contributed by atoms with Crippen molar-refractivity contribution in [1.82, 2.24) is 0 Å². The molecular formula is C19H16N2O3. The van der Waals surface area contributed by atoms with Crippen LogP contribution in [-0.4, -0.2) is 18.2 Å². The van der Waals surface area contributed by atoms with Gasteiger partial charge in [-0.25, -0.2) is 0 Å². The number of fused-ring (bicyclic) bond motifs is 1. The van der Waals surface area contributed by atoms with Crippen molar-refractivity contribution in [3.63, 3.8) is 0 Å². The Kier molecular flexibility index (Phi) is 4.30. The van der Waals surface area contributed by atoms with Crippen LogP contribution in [-0.2, 0) is 4.79 Å². The van der Waals surface area contributed by atoms with Crippen LogP contribution in [0.5, 0.6) is 5.75 Å². The average molecular weight is 320 g/mol. The molecule has 0 N–H and O–H groups in total. The molecule has 2 aromatic carbocycles. The van der Waals surface area contributed by atoms with Crippen LogP contribution in [0, 0.1) is 11.3 Å². The van der Waals surface area contributed by atoms with Crippen molar-refractivity contribution in [2.75, 3.05) is 11.4 Å². The number of hydrogen-bond donors (Lipinski definition) is 0. The fraction of sp³-hybridized carbons (Fsp3) is 0.211. The molecule has 0 spiro atoms. The van der Waals surface area contributed by atoms with Gasteiger partial charge in [0.05, 0.1) is 11.8 Å². The predicted molar refractivity (Wildman–Crippen MR) is 88.8 cm³/mol. The van der Waals surface area contributed by atoms with Gasteiger partial charge in [0.2, 0.25) is 6.10 Å². The Morgan fingerprint density at radius 1 is 1.25 bits per heavy atom. The number of rotatable bonds is 4. The van der Waals surface area contributed by atoms with Crippen molar-refractivity contribution in [2.24, 2.45) is 0 Å². The molecule has 3 rings (SSSR count). The molecule has 0 aliphatic carbocycles. The Morgan fingerprint density at radius 2 is 2.00 bits per heavy atom. The summed E-state index contributed by atoms with van der Waals surface area (Å²) in [7, 11) is 0. The molecule has 5 heteroatoms. The third-order valence-corrected chi connectivity index (χ3v) is 3.96. The lowest BCUT2D eigenvalue weighted by Crippen LogP contribution is -2.41. The molecule has 1 amide bonds. The summed E-state index contributed by atoms with van der Waals surface area (Å²) >= 11 is 0. The largest absolute Gasteiger partial charge is 0.474 e. The van der Waals surface area contributed by atoms with E-state index in [1.165, 1.54) is 4.90 Å². The second kappa shape index (κ2) is 6.55. The summed E-state index contributed by atoms with van der Waals surface area (Å²) in [5.74, 6) is 0.162. The number of hydrogen-bond acceptors (Lipinski definition) is 4. The number of ether oxygens (including phenoxy) is 1. The van der Waals surface area contributed by atoms with Crippen molar-refractivity contribution < 1.29 is 14.3 Å². The summed E-state index contributed by atoms with van der Waals surface area (Å²) in [4.78, 5) is 26.1. The zero-order chi connectivity index (χ0) is 17.1. The van der Waals surface area contributed by atoms with Gasteiger partial charge >= 0.3 is 0 Å². The minimum Gasteiger partial charge on any atom is -0.474 e. The van der Waals surface area contributed by atoms with Crippen molar-refractivity contribution in [2.45, 2.75) is 19.4 Å². The maximum atomic E-state index is 12.8. The van der Waals surface area contributed by atoms with Gasteiger partial charge < -0.3 is 4.74 Å². The summed E-state index contributed by atoms with van der Waals surface area (Å²) in [5, 5.41) is 9.09. The van der Waals surface area contributed by atoms with Crippen LogP contribution in [0.25, 0.3) is 0 Å². The summed E-state index contributed by atoms with van der Waals surface area (Å²) in [6.45, 7) is 1.68. The van der Waals surface area contributed by atoms with Gasteiger partial charge in [-0.1, -0.05) is 37.3 Å². The van der Waals surface area contributed by atoms with Crippen LogP contribution in [0.2, 0.25) is 0 Å². The van der Waals surface area contributed by atoms with Gasteiger partial charge in [0, 0.05) is 17.5 Å².